The molecule has 0 unspecified atom stereocenters. The summed E-state index contributed by atoms with van der Waals surface area (Å²) in [5.41, 5.74) is 0.899. The van der Waals surface area contributed by atoms with Gasteiger partial charge in [0.15, 0.2) is 0 Å². The van der Waals surface area contributed by atoms with Crippen molar-refractivity contribution in [1.82, 2.24) is 14.7 Å². The van der Waals surface area contributed by atoms with Crippen LogP contribution < -0.4 is 0 Å². The molecule has 2 amide bonds. The molecule has 26 heavy (non-hydrogen) atoms. The van der Waals surface area contributed by atoms with Crippen molar-refractivity contribution in [2.45, 2.75) is 25.8 Å². The van der Waals surface area contributed by atoms with Crippen LogP contribution in [0.4, 0.5) is 0 Å². The van der Waals surface area contributed by atoms with E-state index in [0.29, 0.717) is 32.0 Å². The summed E-state index contributed by atoms with van der Waals surface area (Å²) in [4.78, 5) is 31.1. The van der Waals surface area contributed by atoms with E-state index < -0.39 is 0 Å². The van der Waals surface area contributed by atoms with Crippen LogP contribution in [0.3, 0.4) is 0 Å². The highest BCUT2D eigenvalue weighted by Gasteiger charge is 2.38. The van der Waals surface area contributed by atoms with Crippen LogP contribution in [0, 0.1) is 11.8 Å². The summed E-state index contributed by atoms with van der Waals surface area (Å²) >= 11 is 0. The number of nitrogens with zero attached hydrogens (tertiary/aromatic N) is 3. The standard InChI is InChI=1S/C20H29N3O3/c1-21(2)8-9-22(13-16-4-3-5-18(24)10-16)20(26)17-11-19(25)23(14-17)12-15-6-7-15/h3-5,10,15,17,24H,6-9,11-14H2,1-2H3/t17-/m0/s1. The Bertz CT molecular complexity index is 657. The average molecular weight is 359 g/mol. The SMILES string of the molecule is CN(C)CCN(Cc1cccc(O)c1)C(=O)[C@H]1CC(=O)N(CC2CC2)C1. The van der Waals surface area contributed by atoms with E-state index in [4.69, 9.17) is 0 Å². The maximum Gasteiger partial charge on any atom is 0.228 e. The molecule has 1 aliphatic heterocycles. The fraction of sp³-hybridized carbons (Fsp3) is 0.600. The van der Waals surface area contributed by atoms with Crippen LogP contribution in [0.2, 0.25) is 0 Å². The molecular formula is C20H29N3O3. The van der Waals surface area contributed by atoms with Crippen molar-refractivity contribution in [1.29, 1.82) is 0 Å². The van der Waals surface area contributed by atoms with Gasteiger partial charge in [-0.1, -0.05) is 12.1 Å². The number of likely N-dealkylation sites (N-methyl/N-ethyl adjacent to an activating group) is 1. The van der Waals surface area contributed by atoms with Gasteiger partial charge in [-0.2, -0.15) is 0 Å². The van der Waals surface area contributed by atoms with Crippen LogP contribution >= 0.6 is 0 Å². The molecule has 1 aromatic rings. The predicted molar refractivity (Wildman–Crippen MR) is 99.5 cm³/mol. The second-order valence-corrected chi connectivity index (χ2v) is 7.88. The average Bonchev–Trinajstić information content (AvgIpc) is 3.33. The van der Waals surface area contributed by atoms with Crippen LogP contribution in [-0.2, 0) is 16.1 Å². The molecule has 0 spiro atoms. The fourth-order valence-corrected chi connectivity index (χ4v) is 3.45. The van der Waals surface area contributed by atoms with E-state index in [1.807, 2.05) is 34.9 Å². The Labute approximate surface area is 155 Å². The Morgan fingerprint density at radius 1 is 1.27 bits per heavy atom. The fourth-order valence-electron chi connectivity index (χ4n) is 3.45. The van der Waals surface area contributed by atoms with Crippen molar-refractivity contribution in [2.24, 2.45) is 11.8 Å². The summed E-state index contributed by atoms with van der Waals surface area (Å²) in [6.45, 7) is 3.18. The quantitative estimate of drug-likeness (QED) is 0.765. The van der Waals surface area contributed by atoms with Gasteiger partial charge in [-0.25, -0.2) is 0 Å². The molecule has 0 radical (unpaired) electrons. The minimum atomic E-state index is -0.249. The molecule has 1 saturated heterocycles. The Balaban J connectivity index is 1.66. The number of hydrogen-bond donors (Lipinski definition) is 1. The highest BCUT2D eigenvalue weighted by molar-refractivity contribution is 5.89. The molecule has 2 aliphatic rings. The molecule has 1 aliphatic carbocycles. The number of carbonyl (C=O) groups excluding carboxylic acids is 2. The lowest BCUT2D eigenvalue weighted by atomic mass is 10.1. The van der Waals surface area contributed by atoms with Crippen molar-refractivity contribution >= 4 is 11.8 Å². The van der Waals surface area contributed by atoms with Crippen LogP contribution in [0.25, 0.3) is 0 Å². The summed E-state index contributed by atoms with van der Waals surface area (Å²) < 4.78 is 0. The summed E-state index contributed by atoms with van der Waals surface area (Å²) in [6, 6.07) is 7.01. The molecule has 1 heterocycles. The van der Waals surface area contributed by atoms with Crippen LogP contribution in [0.5, 0.6) is 5.75 Å². The number of phenolic OH excluding ortho intramolecular Hbond substituents is 1. The molecule has 2 fully saturated rings. The molecular weight excluding hydrogens is 330 g/mol. The van der Waals surface area contributed by atoms with Crippen molar-refractivity contribution < 1.29 is 14.7 Å². The Hall–Kier alpha value is -2.08. The molecule has 1 atom stereocenters. The number of amides is 2. The van der Waals surface area contributed by atoms with Crippen molar-refractivity contribution in [3.63, 3.8) is 0 Å². The van der Waals surface area contributed by atoms with Gasteiger partial charge < -0.3 is 19.8 Å². The van der Waals surface area contributed by atoms with Gasteiger partial charge in [0.25, 0.3) is 0 Å². The zero-order valence-electron chi connectivity index (χ0n) is 15.7. The number of phenols is 1. The number of rotatable bonds is 8. The molecule has 1 N–H and O–H groups in total. The smallest absolute Gasteiger partial charge is 0.228 e. The second-order valence-electron chi connectivity index (χ2n) is 7.88. The number of carbonyl (C=O) groups is 2. The summed E-state index contributed by atoms with van der Waals surface area (Å²) in [5, 5.41) is 9.69. The number of benzene rings is 1. The Kier molecular flexibility index (Phi) is 5.81. The first-order valence-electron chi connectivity index (χ1n) is 9.41. The van der Waals surface area contributed by atoms with E-state index in [-0.39, 0.29) is 23.5 Å². The first-order valence-corrected chi connectivity index (χ1v) is 9.41. The molecule has 0 bridgehead atoms. The summed E-state index contributed by atoms with van der Waals surface area (Å²) in [6.07, 6.45) is 2.73. The van der Waals surface area contributed by atoms with Gasteiger partial charge in [0, 0.05) is 39.1 Å². The van der Waals surface area contributed by atoms with Gasteiger partial charge >= 0.3 is 0 Å². The number of likely N-dealkylation sites (tertiary alicyclic amines) is 1. The highest BCUT2D eigenvalue weighted by Crippen LogP contribution is 2.32. The first kappa shape index (κ1) is 18.7. The molecule has 6 heteroatoms. The van der Waals surface area contributed by atoms with E-state index in [2.05, 4.69) is 0 Å². The Morgan fingerprint density at radius 3 is 2.69 bits per heavy atom. The predicted octanol–water partition coefficient (Wildman–Crippen LogP) is 1.54. The molecule has 1 aromatic carbocycles. The maximum absolute atomic E-state index is 13.1. The normalized spacial score (nSPS) is 20.0. The third kappa shape index (κ3) is 4.97. The van der Waals surface area contributed by atoms with Crippen molar-refractivity contribution in [3.8, 4) is 5.75 Å². The summed E-state index contributed by atoms with van der Waals surface area (Å²) in [5.74, 6) is 0.752. The lowest BCUT2D eigenvalue weighted by Gasteiger charge is -2.27. The van der Waals surface area contributed by atoms with E-state index in [9.17, 15) is 14.7 Å². The zero-order valence-corrected chi connectivity index (χ0v) is 15.7. The van der Waals surface area contributed by atoms with E-state index >= 15 is 0 Å². The van der Waals surface area contributed by atoms with Gasteiger partial charge in [-0.15, -0.1) is 0 Å². The molecule has 6 nitrogen and oxygen atoms in total. The van der Waals surface area contributed by atoms with Crippen LogP contribution in [0.1, 0.15) is 24.8 Å². The maximum atomic E-state index is 13.1. The monoisotopic (exact) mass is 359 g/mol. The van der Waals surface area contributed by atoms with Gasteiger partial charge in [-0.05, 0) is 50.6 Å². The van der Waals surface area contributed by atoms with Gasteiger partial charge in [0.05, 0.1) is 5.92 Å². The van der Waals surface area contributed by atoms with Crippen LogP contribution in [0.15, 0.2) is 24.3 Å². The zero-order chi connectivity index (χ0) is 18.7. The molecule has 142 valence electrons. The number of hydrogen-bond acceptors (Lipinski definition) is 4. The lowest BCUT2D eigenvalue weighted by Crippen LogP contribution is -2.40. The second kappa shape index (κ2) is 8.08. The highest BCUT2D eigenvalue weighted by atomic mass is 16.3. The van der Waals surface area contributed by atoms with E-state index in [1.165, 1.54) is 12.8 Å². The van der Waals surface area contributed by atoms with Gasteiger partial charge in [0.1, 0.15) is 5.75 Å². The van der Waals surface area contributed by atoms with E-state index in [1.54, 1.807) is 18.2 Å². The number of aromatic hydroxyl groups is 1. The molecule has 0 aromatic heterocycles. The third-order valence-corrected chi connectivity index (χ3v) is 5.15. The minimum Gasteiger partial charge on any atom is -0.508 e. The molecule has 3 rings (SSSR count). The van der Waals surface area contributed by atoms with Crippen LogP contribution in [-0.4, -0.2) is 71.9 Å². The van der Waals surface area contributed by atoms with E-state index in [0.717, 1.165) is 18.7 Å². The summed E-state index contributed by atoms with van der Waals surface area (Å²) in [7, 11) is 3.96. The largest absolute Gasteiger partial charge is 0.508 e. The Morgan fingerprint density at radius 2 is 2.04 bits per heavy atom. The third-order valence-electron chi connectivity index (χ3n) is 5.15. The first-order chi connectivity index (χ1) is 12.4. The van der Waals surface area contributed by atoms with Crippen molar-refractivity contribution in [3.05, 3.63) is 29.8 Å². The lowest BCUT2D eigenvalue weighted by molar-refractivity contribution is -0.136. The topological polar surface area (TPSA) is 64.1 Å². The van der Waals surface area contributed by atoms with Gasteiger partial charge in [-0.3, -0.25) is 9.59 Å². The van der Waals surface area contributed by atoms with Crippen molar-refractivity contribution in [2.75, 3.05) is 40.3 Å². The van der Waals surface area contributed by atoms with Gasteiger partial charge in [0.2, 0.25) is 11.8 Å². The molecule has 1 saturated carbocycles. The minimum absolute atomic E-state index is 0.0434.